The molecule has 1 aromatic carbocycles. The fourth-order valence-electron chi connectivity index (χ4n) is 1.55. The third kappa shape index (κ3) is 3.28. The van der Waals surface area contributed by atoms with Gasteiger partial charge < -0.3 is 16.8 Å². The zero-order valence-electron chi connectivity index (χ0n) is 9.91. The van der Waals surface area contributed by atoms with E-state index in [1.165, 1.54) is 18.2 Å². The van der Waals surface area contributed by atoms with E-state index in [0.717, 1.165) is 5.56 Å². The molecule has 0 aliphatic rings. The fraction of sp³-hybridized carbons (Fsp3) is 0.0909. The van der Waals surface area contributed by atoms with Crippen molar-refractivity contribution in [3.8, 4) is 0 Å². The van der Waals surface area contributed by atoms with Gasteiger partial charge in [-0.1, -0.05) is 12.1 Å². The number of nitrogens with one attached hydrogen (secondary N) is 1. The molecule has 1 heterocycles. The smallest absolute Gasteiger partial charge is 0.269 e. The van der Waals surface area contributed by atoms with Crippen LogP contribution in [0.5, 0.6) is 0 Å². The number of hydrogen-bond donors (Lipinski definition) is 3. The van der Waals surface area contributed by atoms with Crippen LogP contribution in [0, 0.1) is 10.1 Å². The molecule has 0 atom stereocenters. The number of nitrogen functional groups attached to an aromatic ring is 2. The van der Waals surface area contributed by atoms with Gasteiger partial charge >= 0.3 is 0 Å². The standard InChI is InChI=1S/C11H12N6O2/c12-9-5-10(16-11(13)15-9)14-6-7-2-1-3-8(4-7)17(18)19/h1-5H,6H2,(H5,12,13,14,15,16). The second-order valence-corrected chi connectivity index (χ2v) is 3.82. The zero-order chi connectivity index (χ0) is 13.8. The molecule has 0 bridgehead atoms. The summed E-state index contributed by atoms with van der Waals surface area (Å²) in [6.07, 6.45) is 0. The summed E-state index contributed by atoms with van der Waals surface area (Å²) in [6, 6.07) is 7.85. The molecule has 2 rings (SSSR count). The SMILES string of the molecule is Nc1cc(NCc2cccc([N+](=O)[O-])c2)nc(N)n1. The van der Waals surface area contributed by atoms with E-state index in [1.54, 1.807) is 12.1 Å². The molecule has 0 aliphatic carbocycles. The van der Waals surface area contributed by atoms with E-state index >= 15 is 0 Å². The van der Waals surface area contributed by atoms with E-state index in [1.807, 2.05) is 0 Å². The summed E-state index contributed by atoms with van der Waals surface area (Å²) in [5.41, 5.74) is 11.8. The lowest BCUT2D eigenvalue weighted by molar-refractivity contribution is -0.384. The van der Waals surface area contributed by atoms with Gasteiger partial charge in [0.2, 0.25) is 5.95 Å². The first kappa shape index (κ1) is 12.6. The Labute approximate surface area is 108 Å². The summed E-state index contributed by atoms with van der Waals surface area (Å²) in [6.45, 7) is 0.373. The second-order valence-electron chi connectivity index (χ2n) is 3.82. The van der Waals surface area contributed by atoms with E-state index < -0.39 is 4.92 Å². The molecule has 0 spiro atoms. The van der Waals surface area contributed by atoms with Crippen LogP contribution in [0.4, 0.5) is 23.3 Å². The number of nitrogens with zero attached hydrogens (tertiary/aromatic N) is 3. The van der Waals surface area contributed by atoms with Gasteiger partial charge in [-0.2, -0.15) is 9.97 Å². The van der Waals surface area contributed by atoms with Crippen molar-refractivity contribution < 1.29 is 4.92 Å². The van der Waals surface area contributed by atoms with Crippen molar-refractivity contribution in [3.05, 3.63) is 46.0 Å². The van der Waals surface area contributed by atoms with E-state index in [9.17, 15) is 10.1 Å². The van der Waals surface area contributed by atoms with E-state index in [-0.39, 0.29) is 17.5 Å². The molecule has 0 unspecified atom stereocenters. The third-order valence-electron chi connectivity index (χ3n) is 2.36. The molecule has 98 valence electrons. The predicted molar refractivity (Wildman–Crippen MR) is 71.3 cm³/mol. The van der Waals surface area contributed by atoms with Gasteiger partial charge in [0.05, 0.1) is 4.92 Å². The molecule has 0 fully saturated rings. The summed E-state index contributed by atoms with van der Waals surface area (Å²) in [5.74, 6) is 0.798. The number of nitro benzene ring substituents is 1. The lowest BCUT2D eigenvalue weighted by atomic mass is 10.2. The number of hydrogen-bond acceptors (Lipinski definition) is 7. The quantitative estimate of drug-likeness (QED) is 0.554. The Balaban J connectivity index is 2.10. The number of non-ortho nitro benzene ring substituents is 1. The monoisotopic (exact) mass is 260 g/mol. The van der Waals surface area contributed by atoms with E-state index in [2.05, 4.69) is 15.3 Å². The van der Waals surface area contributed by atoms with Gasteiger partial charge in [0.25, 0.3) is 5.69 Å². The molecule has 0 saturated carbocycles. The highest BCUT2D eigenvalue weighted by molar-refractivity contribution is 5.49. The van der Waals surface area contributed by atoms with Crippen molar-refractivity contribution in [1.29, 1.82) is 0 Å². The van der Waals surface area contributed by atoms with Crippen LogP contribution < -0.4 is 16.8 Å². The van der Waals surface area contributed by atoms with Crippen molar-refractivity contribution in [3.63, 3.8) is 0 Å². The molecule has 0 saturated heterocycles. The minimum atomic E-state index is -0.440. The van der Waals surface area contributed by atoms with Gasteiger partial charge in [-0.25, -0.2) is 0 Å². The molecule has 8 heteroatoms. The van der Waals surface area contributed by atoms with Crippen molar-refractivity contribution >= 4 is 23.3 Å². The molecule has 5 N–H and O–H groups in total. The van der Waals surface area contributed by atoms with Crippen LogP contribution in [0.25, 0.3) is 0 Å². The Hall–Kier alpha value is -2.90. The molecule has 19 heavy (non-hydrogen) atoms. The first-order chi connectivity index (χ1) is 9.04. The maximum Gasteiger partial charge on any atom is 0.269 e. The number of benzene rings is 1. The van der Waals surface area contributed by atoms with Gasteiger partial charge in [0.1, 0.15) is 11.6 Å². The third-order valence-corrected chi connectivity index (χ3v) is 2.36. The highest BCUT2D eigenvalue weighted by atomic mass is 16.6. The maximum atomic E-state index is 10.6. The molecule has 1 aromatic heterocycles. The molecule has 8 nitrogen and oxygen atoms in total. The number of aromatic nitrogens is 2. The average Bonchev–Trinajstić information content (AvgIpc) is 2.35. The highest BCUT2D eigenvalue weighted by Gasteiger charge is 2.06. The highest BCUT2D eigenvalue weighted by Crippen LogP contribution is 2.15. The molecule has 0 aliphatic heterocycles. The summed E-state index contributed by atoms with van der Waals surface area (Å²) >= 11 is 0. The Morgan fingerprint density at radius 2 is 2.05 bits per heavy atom. The number of nitrogens with two attached hydrogens (primary N) is 2. The van der Waals surface area contributed by atoms with Crippen molar-refractivity contribution in [2.24, 2.45) is 0 Å². The largest absolute Gasteiger partial charge is 0.383 e. The zero-order valence-corrected chi connectivity index (χ0v) is 9.91. The normalized spacial score (nSPS) is 10.1. The van der Waals surface area contributed by atoms with Crippen molar-refractivity contribution in [2.75, 3.05) is 16.8 Å². The lowest BCUT2D eigenvalue weighted by Gasteiger charge is -2.06. The van der Waals surface area contributed by atoms with Crippen LogP contribution in [-0.2, 0) is 6.54 Å². The average molecular weight is 260 g/mol. The molecule has 0 radical (unpaired) electrons. The molecule has 2 aromatic rings. The van der Waals surface area contributed by atoms with Crippen LogP contribution in [-0.4, -0.2) is 14.9 Å². The first-order valence-corrected chi connectivity index (χ1v) is 5.42. The molecular weight excluding hydrogens is 248 g/mol. The Morgan fingerprint density at radius 3 is 2.74 bits per heavy atom. The van der Waals surface area contributed by atoms with Gasteiger partial charge in [-0.05, 0) is 5.56 Å². The maximum absolute atomic E-state index is 10.6. The van der Waals surface area contributed by atoms with Crippen LogP contribution in [0.3, 0.4) is 0 Å². The van der Waals surface area contributed by atoms with E-state index in [0.29, 0.717) is 12.4 Å². The fourth-order valence-corrected chi connectivity index (χ4v) is 1.55. The Kier molecular flexibility index (Phi) is 3.42. The number of anilines is 3. The lowest BCUT2D eigenvalue weighted by Crippen LogP contribution is -2.06. The second kappa shape index (κ2) is 5.17. The van der Waals surface area contributed by atoms with Gasteiger partial charge in [-0.15, -0.1) is 0 Å². The predicted octanol–water partition coefficient (Wildman–Crippen LogP) is 1.16. The summed E-state index contributed by atoms with van der Waals surface area (Å²) < 4.78 is 0. The van der Waals surface area contributed by atoms with Gasteiger partial charge in [0.15, 0.2) is 0 Å². The van der Waals surface area contributed by atoms with Crippen LogP contribution in [0.1, 0.15) is 5.56 Å². The molecular formula is C11H12N6O2. The summed E-state index contributed by atoms with van der Waals surface area (Å²) in [7, 11) is 0. The summed E-state index contributed by atoms with van der Waals surface area (Å²) in [5, 5.41) is 13.6. The van der Waals surface area contributed by atoms with E-state index in [4.69, 9.17) is 11.5 Å². The topological polar surface area (TPSA) is 133 Å². The minimum Gasteiger partial charge on any atom is -0.383 e. The Bertz CT molecular complexity index is 596. The molecule has 0 amide bonds. The van der Waals surface area contributed by atoms with Crippen molar-refractivity contribution in [1.82, 2.24) is 9.97 Å². The minimum absolute atomic E-state index is 0.0426. The van der Waals surface area contributed by atoms with Crippen LogP contribution in [0.15, 0.2) is 30.3 Å². The summed E-state index contributed by atoms with van der Waals surface area (Å²) in [4.78, 5) is 17.9. The van der Waals surface area contributed by atoms with Crippen LogP contribution in [0.2, 0.25) is 0 Å². The van der Waals surface area contributed by atoms with Crippen LogP contribution >= 0.6 is 0 Å². The Morgan fingerprint density at radius 1 is 1.26 bits per heavy atom. The van der Waals surface area contributed by atoms with Crippen molar-refractivity contribution in [2.45, 2.75) is 6.54 Å². The number of rotatable bonds is 4. The van der Waals surface area contributed by atoms with Gasteiger partial charge in [0, 0.05) is 24.7 Å². The number of nitro groups is 1. The first-order valence-electron chi connectivity index (χ1n) is 5.42. The van der Waals surface area contributed by atoms with Gasteiger partial charge in [-0.3, -0.25) is 10.1 Å².